The summed E-state index contributed by atoms with van der Waals surface area (Å²) in [5.41, 5.74) is 3.98. The summed E-state index contributed by atoms with van der Waals surface area (Å²) < 4.78 is 5.39. The maximum atomic E-state index is 10.9. The summed E-state index contributed by atoms with van der Waals surface area (Å²) in [5, 5.41) is 27.4. The minimum Gasteiger partial charge on any atom is -0.496 e. The smallest absolute Gasteiger partial charge is 0.271 e. The quantitative estimate of drug-likeness (QED) is 0.368. The molecule has 4 rings (SSSR count). The highest BCUT2D eigenvalue weighted by Gasteiger charge is 2.15. The molecule has 0 unspecified atom stereocenters. The lowest BCUT2D eigenvalue weighted by Crippen LogP contribution is -1.91. The van der Waals surface area contributed by atoms with Gasteiger partial charge in [0.25, 0.3) is 5.69 Å². The molecule has 0 saturated heterocycles. The number of nitrogens with zero attached hydrogens (tertiary/aromatic N) is 3. The van der Waals surface area contributed by atoms with Crippen LogP contribution in [0.3, 0.4) is 0 Å². The number of aliphatic hydroxyl groups is 1. The number of nitro benzene ring substituents is 1. The molecular weight excluding hydrogens is 350 g/mol. The first-order valence-corrected chi connectivity index (χ1v) is 8.07. The number of ether oxygens (including phenoxy) is 1. The van der Waals surface area contributed by atoms with Crippen LogP contribution in [-0.2, 0) is 6.61 Å². The molecular formula is C18H15N5O4. The van der Waals surface area contributed by atoms with Crippen molar-refractivity contribution in [3.63, 3.8) is 0 Å². The van der Waals surface area contributed by atoms with E-state index in [1.54, 1.807) is 25.3 Å². The van der Waals surface area contributed by atoms with E-state index in [9.17, 15) is 15.2 Å². The second-order valence-corrected chi connectivity index (χ2v) is 5.90. The van der Waals surface area contributed by atoms with Crippen LogP contribution in [0.2, 0.25) is 0 Å². The normalized spacial score (nSPS) is 11.0. The highest BCUT2D eigenvalue weighted by Crippen LogP contribution is 2.32. The molecule has 27 heavy (non-hydrogen) atoms. The third-order valence-electron chi connectivity index (χ3n) is 4.23. The van der Waals surface area contributed by atoms with Gasteiger partial charge in [-0.2, -0.15) is 5.10 Å². The SMILES string of the molecule is COc1cc(CO)ccc1-c1cc(-c2nc3ccc([N+](=O)[O-])cc3[nH]2)[nH]n1. The number of aromatic nitrogens is 4. The van der Waals surface area contributed by atoms with Gasteiger partial charge >= 0.3 is 0 Å². The Kier molecular flexibility index (Phi) is 4.05. The molecule has 0 spiro atoms. The van der Waals surface area contributed by atoms with Crippen molar-refractivity contribution in [2.75, 3.05) is 7.11 Å². The summed E-state index contributed by atoms with van der Waals surface area (Å²) in [4.78, 5) is 18.0. The van der Waals surface area contributed by atoms with Gasteiger partial charge in [-0.1, -0.05) is 6.07 Å². The van der Waals surface area contributed by atoms with Gasteiger partial charge in [0.2, 0.25) is 0 Å². The fourth-order valence-electron chi connectivity index (χ4n) is 2.87. The van der Waals surface area contributed by atoms with Crippen LogP contribution >= 0.6 is 0 Å². The molecule has 136 valence electrons. The molecule has 0 radical (unpaired) electrons. The minimum atomic E-state index is -0.448. The van der Waals surface area contributed by atoms with Crippen LogP contribution in [-0.4, -0.2) is 37.3 Å². The van der Waals surface area contributed by atoms with Crippen LogP contribution in [0.5, 0.6) is 5.75 Å². The van der Waals surface area contributed by atoms with Gasteiger partial charge in [-0.3, -0.25) is 15.2 Å². The van der Waals surface area contributed by atoms with Gasteiger partial charge in [0.05, 0.1) is 35.4 Å². The van der Waals surface area contributed by atoms with E-state index in [4.69, 9.17) is 4.74 Å². The van der Waals surface area contributed by atoms with Gasteiger partial charge in [-0.05, 0) is 29.8 Å². The fraction of sp³-hybridized carbons (Fsp3) is 0.111. The number of nitro groups is 1. The third kappa shape index (κ3) is 3.00. The van der Waals surface area contributed by atoms with Crippen LogP contribution < -0.4 is 4.74 Å². The first-order valence-electron chi connectivity index (χ1n) is 8.07. The number of aromatic amines is 2. The zero-order valence-electron chi connectivity index (χ0n) is 14.3. The number of rotatable bonds is 5. The van der Waals surface area contributed by atoms with Crippen LogP contribution in [0.1, 0.15) is 5.56 Å². The molecule has 0 atom stereocenters. The Hall–Kier alpha value is -3.72. The summed E-state index contributed by atoms with van der Waals surface area (Å²) in [6, 6.07) is 11.6. The van der Waals surface area contributed by atoms with Gasteiger partial charge < -0.3 is 14.8 Å². The highest BCUT2D eigenvalue weighted by molar-refractivity contribution is 5.81. The van der Waals surface area contributed by atoms with Crippen molar-refractivity contribution in [3.8, 4) is 28.5 Å². The molecule has 4 aromatic rings. The summed E-state index contributed by atoms with van der Waals surface area (Å²) in [7, 11) is 1.56. The predicted molar refractivity (Wildman–Crippen MR) is 98.2 cm³/mol. The van der Waals surface area contributed by atoms with E-state index in [1.807, 2.05) is 12.1 Å². The van der Waals surface area contributed by atoms with Crippen molar-refractivity contribution in [3.05, 3.63) is 58.1 Å². The summed E-state index contributed by atoms with van der Waals surface area (Å²) in [6.07, 6.45) is 0. The Balaban J connectivity index is 1.72. The molecule has 0 aliphatic carbocycles. The van der Waals surface area contributed by atoms with E-state index in [0.717, 1.165) is 11.1 Å². The number of nitrogens with one attached hydrogen (secondary N) is 2. The van der Waals surface area contributed by atoms with E-state index < -0.39 is 4.92 Å². The van der Waals surface area contributed by atoms with Crippen molar-refractivity contribution >= 4 is 16.7 Å². The molecule has 9 heteroatoms. The Bertz CT molecular complexity index is 1150. The molecule has 3 N–H and O–H groups in total. The monoisotopic (exact) mass is 365 g/mol. The first kappa shape index (κ1) is 16.7. The molecule has 0 saturated carbocycles. The number of hydrogen-bond donors (Lipinski definition) is 3. The van der Waals surface area contributed by atoms with Crippen LogP contribution in [0.15, 0.2) is 42.5 Å². The van der Waals surface area contributed by atoms with Gasteiger partial charge in [0.1, 0.15) is 11.4 Å². The highest BCUT2D eigenvalue weighted by atomic mass is 16.6. The molecule has 0 aliphatic rings. The second kappa shape index (κ2) is 6.54. The largest absolute Gasteiger partial charge is 0.496 e. The second-order valence-electron chi connectivity index (χ2n) is 5.90. The lowest BCUT2D eigenvalue weighted by molar-refractivity contribution is -0.384. The molecule has 2 aromatic heterocycles. The average molecular weight is 365 g/mol. The maximum absolute atomic E-state index is 10.9. The average Bonchev–Trinajstić information content (AvgIpc) is 3.33. The number of fused-ring (bicyclic) bond motifs is 1. The van der Waals surface area contributed by atoms with Crippen molar-refractivity contribution < 1.29 is 14.8 Å². The molecule has 0 aliphatic heterocycles. The number of hydrogen-bond acceptors (Lipinski definition) is 6. The lowest BCUT2D eigenvalue weighted by atomic mass is 10.1. The number of benzene rings is 2. The van der Waals surface area contributed by atoms with Crippen molar-refractivity contribution in [1.82, 2.24) is 20.2 Å². The summed E-state index contributed by atoms with van der Waals surface area (Å²) in [5.74, 6) is 1.12. The maximum Gasteiger partial charge on any atom is 0.271 e. The molecule has 2 aromatic carbocycles. The number of imidazole rings is 1. The topological polar surface area (TPSA) is 130 Å². The Morgan fingerprint density at radius 1 is 1.22 bits per heavy atom. The Morgan fingerprint density at radius 3 is 2.81 bits per heavy atom. The molecule has 2 heterocycles. The zero-order valence-corrected chi connectivity index (χ0v) is 14.3. The van der Waals surface area contributed by atoms with Gasteiger partial charge in [0.15, 0.2) is 5.82 Å². The van der Waals surface area contributed by atoms with Crippen LogP contribution in [0.25, 0.3) is 33.8 Å². The molecule has 9 nitrogen and oxygen atoms in total. The molecule has 0 amide bonds. The molecule has 0 fully saturated rings. The number of aliphatic hydroxyl groups excluding tert-OH is 1. The molecule has 0 bridgehead atoms. The predicted octanol–water partition coefficient (Wildman–Crippen LogP) is 3.03. The Morgan fingerprint density at radius 2 is 2.07 bits per heavy atom. The Labute approximate surface area is 152 Å². The zero-order chi connectivity index (χ0) is 19.0. The van der Waals surface area contributed by atoms with E-state index in [2.05, 4.69) is 20.2 Å². The van der Waals surface area contributed by atoms with E-state index in [-0.39, 0.29) is 12.3 Å². The fourth-order valence-corrected chi connectivity index (χ4v) is 2.87. The van der Waals surface area contributed by atoms with Gasteiger partial charge in [-0.25, -0.2) is 4.98 Å². The number of methoxy groups -OCH3 is 1. The van der Waals surface area contributed by atoms with Gasteiger partial charge in [-0.15, -0.1) is 0 Å². The first-order chi connectivity index (χ1) is 13.1. The van der Waals surface area contributed by atoms with Crippen LogP contribution in [0, 0.1) is 10.1 Å². The minimum absolute atomic E-state index is 0.00305. The van der Waals surface area contributed by atoms with Gasteiger partial charge in [0, 0.05) is 17.7 Å². The van der Waals surface area contributed by atoms with Crippen LogP contribution in [0.4, 0.5) is 5.69 Å². The third-order valence-corrected chi connectivity index (χ3v) is 4.23. The summed E-state index contributed by atoms with van der Waals surface area (Å²) >= 11 is 0. The number of H-pyrrole nitrogens is 2. The van der Waals surface area contributed by atoms with E-state index in [0.29, 0.717) is 34.0 Å². The lowest BCUT2D eigenvalue weighted by Gasteiger charge is -2.07. The van der Waals surface area contributed by atoms with E-state index >= 15 is 0 Å². The van der Waals surface area contributed by atoms with Crippen molar-refractivity contribution in [2.24, 2.45) is 0 Å². The summed E-state index contributed by atoms with van der Waals surface area (Å²) in [6.45, 7) is -0.0758. The number of non-ortho nitro benzene ring substituents is 1. The van der Waals surface area contributed by atoms with E-state index in [1.165, 1.54) is 12.1 Å². The standard InChI is InChI=1S/C18H15N5O4/c1-27-17-6-10(9-24)2-4-12(17)14-8-16(22-21-14)18-19-13-5-3-11(23(25)26)7-15(13)20-18/h2-8,24H,9H2,1H3,(H,19,20)(H,21,22). The van der Waals surface area contributed by atoms with Crippen molar-refractivity contribution in [2.45, 2.75) is 6.61 Å². The van der Waals surface area contributed by atoms with Crippen molar-refractivity contribution in [1.29, 1.82) is 0 Å².